The number of carbonyl (C=O) groups excluding carboxylic acids is 1. The summed E-state index contributed by atoms with van der Waals surface area (Å²) < 4.78 is 6.03. The van der Waals surface area contributed by atoms with Crippen LogP contribution < -0.4 is 5.73 Å². The fraction of sp³-hybridized carbons (Fsp3) is 0.0714. The third kappa shape index (κ3) is 5.23. The number of nitrogens with two attached hydrogens (primary N) is 1. The zero-order chi connectivity index (χ0) is 17.7. The second kappa shape index (κ2) is 8.89. The Morgan fingerprint density at radius 3 is 2.25 bits per heavy atom. The van der Waals surface area contributed by atoms with Gasteiger partial charge in [-0.25, -0.2) is 9.78 Å². The van der Waals surface area contributed by atoms with Gasteiger partial charge in [0.2, 0.25) is 0 Å². The molecule has 0 fully saturated rings. The highest BCUT2D eigenvalue weighted by Crippen LogP contribution is 2.33. The van der Waals surface area contributed by atoms with Crippen molar-refractivity contribution in [3.05, 3.63) is 48.9 Å². The number of ether oxygens (including phenoxy) is 1. The number of esters is 1. The van der Waals surface area contributed by atoms with Gasteiger partial charge in [-0.05, 0) is 24.3 Å². The van der Waals surface area contributed by atoms with Crippen molar-refractivity contribution in [2.75, 3.05) is 7.11 Å². The minimum atomic E-state index is -0.360. The molecule has 4 nitrogen and oxygen atoms in total. The van der Waals surface area contributed by atoms with Gasteiger partial charge < -0.3 is 10.5 Å². The second-order valence-corrected chi connectivity index (χ2v) is 8.99. The Bertz CT molecular complexity index is 856. The van der Waals surface area contributed by atoms with E-state index in [4.69, 9.17) is 41.2 Å². The smallest absolute Gasteiger partial charge is 0.349 e. The summed E-state index contributed by atoms with van der Waals surface area (Å²) in [6, 6.07) is 7.28. The first-order valence-corrected chi connectivity index (χ1v) is 9.87. The number of hydrogen-bond donors (Lipinski definition) is 1. The van der Waals surface area contributed by atoms with Gasteiger partial charge in [0.1, 0.15) is 14.9 Å². The highest BCUT2D eigenvalue weighted by Gasteiger charge is 2.12. The number of halogens is 2. The quantitative estimate of drug-likeness (QED) is 0.442. The van der Waals surface area contributed by atoms with Crippen LogP contribution in [0.15, 0.2) is 30.5 Å². The fourth-order valence-electron chi connectivity index (χ4n) is 1.46. The van der Waals surface area contributed by atoms with Gasteiger partial charge in [-0.2, -0.15) is 0 Å². The van der Waals surface area contributed by atoms with Gasteiger partial charge in [-0.1, -0.05) is 35.4 Å². The van der Waals surface area contributed by atoms with Gasteiger partial charge in [0.15, 0.2) is 0 Å². The normalized spacial score (nSPS) is 9.96. The van der Waals surface area contributed by atoms with Crippen molar-refractivity contribution >= 4 is 80.4 Å². The number of methoxy groups -OCH3 is 1. The molecule has 24 heavy (non-hydrogen) atoms. The summed E-state index contributed by atoms with van der Waals surface area (Å²) in [5.74, 6) is -0.360. The summed E-state index contributed by atoms with van der Waals surface area (Å²) >= 11 is 20.3. The highest BCUT2D eigenvalue weighted by atomic mass is 35.5. The molecule has 0 aromatic carbocycles. The molecular formula is C14H10Cl2N2O2S4. The van der Waals surface area contributed by atoms with Crippen molar-refractivity contribution in [3.63, 3.8) is 0 Å². The van der Waals surface area contributed by atoms with E-state index in [9.17, 15) is 4.79 Å². The molecule has 3 rings (SSSR count). The number of thiazole rings is 1. The molecule has 0 aliphatic heterocycles. The first-order valence-electron chi connectivity index (χ1n) is 6.25. The van der Waals surface area contributed by atoms with Gasteiger partial charge in [0.05, 0.1) is 31.7 Å². The molecule has 2 N–H and O–H groups in total. The lowest BCUT2D eigenvalue weighted by Gasteiger charge is -1.90. The largest absolute Gasteiger partial charge is 0.465 e. The Morgan fingerprint density at radius 1 is 1.12 bits per heavy atom. The van der Waals surface area contributed by atoms with E-state index in [1.165, 1.54) is 47.3 Å². The maximum absolute atomic E-state index is 11.2. The van der Waals surface area contributed by atoms with Crippen LogP contribution in [0.1, 0.15) is 14.5 Å². The van der Waals surface area contributed by atoms with Crippen molar-refractivity contribution in [1.82, 2.24) is 4.98 Å². The summed E-state index contributed by atoms with van der Waals surface area (Å²) in [5, 5.41) is 0.785. The van der Waals surface area contributed by atoms with Gasteiger partial charge >= 0.3 is 5.97 Å². The lowest BCUT2D eigenvalue weighted by Crippen LogP contribution is -2.06. The van der Waals surface area contributed by atoms with Crippen molar-refractivity contribution in [2.24, 2.45) is 5.73 Å². The van der Waals surface area contributed by atoms with Crippen molar-refractivity contribution in [3.8, 4) is 9.88 Å². The van der Waals surface area contributed by atoms with E-state index in [1.807, 2.05) is 12.1 Å². The van der Waals surface area contributed by atoms with Gasteiger partial charge in [0.25, 0.3) is 0 Å². The Hall–Kier alpha value is -1.03. The summed E-state index contributed by atoms with van der Waals surface area (Å²) in [4.78, 5) is 18.1. The summed E-state index contributed by atoms with van der Waals surface area (Å²) in [6.45, 7) is 0. The molecule has 0 saturated carbocycles. The summed E-state index contributed by atoms with van der Waals surface area (Å²) in [5.41, 5.74) is 5.31. The number of aromatic nitrogens is 1. The maximum Gasteiger partial charge on any atom is 0.349 e. The van der Waals surface area contributed by atoms with E-state index in [0.717, 1.165) is 19.1 Å². The fourth-order valence-corrected chi connectivity index (χ4v) is 4.49. The Labute approximate surface area is 165 Å². The molecule has 0 saturated heterocycles. The first kappa shape index (κ1) is 19.3. The Morgan fingerprint density at radius 2 is 1.79 bits per heavy atom. The Balaban J connectivity index is 0.000000198. The van der Waals surface area contributed by atoms with Gasteiger partial charge in [-0.3, -0.25) is 0 Å². The highest BCUT2D eigenvalue weighted by molar-refractivity contribution is 7.81. The predicted octanol–water partition coefficient (Wildman–Crippen LogP) is 5.35. The van der Waals surface area contributed by atoms with Crippen molar-refractivity contribution in [1.29, 1.82) is 0 Å². The molecule has 0 amide bonds. The summed E-state index contributed by atoms with van der Waals surface area (Å²) in [7, 11) is 1.35. The van der Waals surface area contributed by atoms with Crippen LogP contribution in [0.2, 0.25) is 8.67 Å². The molecule has 0 aliphatic carbocycles. The predicted molar refractivity (Wildman–Crippen MR) is 107 cm³/mol. The van der Waals surface area contributed by atoms with Crippen LogP contribution in [0.3, 0.4) is 0 Å². The molecule has 3 aromatic heterocycles. The molecule has 10 heteroatoms. The number of rotatable bonds is 3. The molecule has 0 aliphatic rings. The van der Waals surface area contributed by atoms with Crippen LogP contribution in [0.5, 0.6) is 0 Å². The standard InChI is InChI=1S/C9H6ClNO2S2.C5H4ClNS2/c1-13-9(12)6-4-11-8(15-6)5-2-3-7(10)14-5;6-4-2-1-3(9-4)5(7)8/h2-4H,1H3;1-2H,(H2,7,8). The lowest BCUT2D eigenvalue weighted by atomic mass is 10.5. The average Bonchev–Trinajstić information content (AvgIpc) is 3.27. The third-order valence-corrected chi connectivity index (χ3v) is 6.48. The average molecular weight is 437 g/mol. The monoisotopic (exact) mass is 436 g/mol. The molecular weight excluding hydrogens is 427 g/mol. The number of thiocarbonyl (C=S) groups is 1. The van der Waals surface area contributed by atoms with E-state index < -0.39 is 0 Å². The lowest BCUT2D eigenvalue weighted by molar-refractivity contribution is 0.0606. The molecule has 0 radical (unpaired) electrons. The van der Waals surface area contributed by atoms with E-state index >= 15 is 0 Å². The zero-order valence-corrected chi connectivity index (χ0v) is 16.9. The topological polar surface area (TPSA) is 65.2 Å². The molecule has 0 atom stereocenters. The molecule has 0 spiro atoms. The van der Waals surface area contributed by atoms with Crippen molar-refractivity contribution in [2.45, 2.75) is 0 Å². The minimum Gasteiger partial charge on any atom is -0.465 e. The second-order valence-electron chi connectivity index (χ2n) is 4.09. The van der Waals surface area contributed by atoms with Gasteiger partial charge in [-0.15, -0.1) is 34.0 Å². The summed E-state index contributed by atoms with van der Waals surface area (Å²) in [6.07, 6.45) is 1.51. The maximum atomic E-state index is 11.2. The first-order chi connectivity index (χ1) is 11.4. The van der Waals surface area contributed by atoms with E-state index in [0.29, 0.717) is 14.2 Å². The molecule has 3 heterocycles. The van der Waals surface area contributed by atoms with Crippen LogP contribution in [-0.2, 0) is 4.74 Å². The Kier molecular flexibility index (Phi) is 7.15. The van der Waals surface area contributed by atoms with Crippen LogP contribution in [0.4, 0.5) is 0 Å². The van der Waals surface area contributed by atoms with Gasteiger partial charge in [0, 0.05) is 0 Å². The molecule has 0 bridgehead atoms. The van der Waals surface area contributed by atoms with Crippen LogP contribution in [0, 0.1) is 0 Å². The molecule has 3 aromatic rings. The van der Waals surface area contributed by atoms with E-state index in [2.05, 4.69) is 9.72 Å². The minimum absolute atomic E-state index is 0.360. The number of hydrogen-bond acceptors (Lipinski definition) is 7. The third-order valence-electron chi connectivity index (χ3n) is 2.49. The SMILES string of the molecule is COC(=O)c1cnc(-c2ccc(Cl)s2)s1.NC(=S)c1ccc(Cl)s1. The molecule has 0 unspecified atom stereocenters. The number of thiophene rings is 2. The van der Waals surface area contributed by atoms with E-state index in [1.54, 1.807) is 12.1 Å². The molecule has 126 valence electrons. The van der Waals surface area contributed by atoms with Crippen LogP contribution >= 0.6 is 69.4 Å². The van der Waals surface area contributed by atoms with Crippen molar-refractivity contribution < 1.29 is 9.53 Å². The van der Waals surface area contributed by atoms with Crippen LogP contribution in [-0.4, -0.2) is 23.1 Å². The van der Waals surface area contributed by atoms with E-state index in [-0.39, 0.29) is 5.97 Å². The number of nitrogens with zero attached hydrogens (tertiary/aromatic N) is 1. The zero-order valence-electron chi connectivity index (χ0n) is 12.1. The number of carbonyl (C=O) groups is 1. The van der Waals surface area contributed by atoms with Crippen LogP contribution in [0.25, 0.3) is 9.88 Å².